The first-order valence-corrected chi connectivity index (χ1v) is 6.82. The van der Waals surface area contributed by atoms with E-state index in [1.54, 1.807) is 0 Å². The molecule has 1 aliphatic rings. The van der Waals surface area contributed by atoms with Crippen LogP contribution in [0.3, 0.4) is 0 Å². The van der Waals surface area contributed by atoms with E-state index in [4.69, 9.17) is 5.73 Å². The summed E-state index contributed by atoms with van der Waals surface area (Å²) in [5.41, 5.74) is 5.92. The summed E-state index contributed by atoms with van der Waals surface area (Å²) in [7, 11) is 0. The molecule has 18 heavy (non-hydrogen) atoms. The maximum absolute atomic E-state index is 10.6. The highest BCUT2D eigenvalue weighted by Gasteiger charge is 2.28. The molecule has 3 nitrogen and oxygen atoms in total. The molecular formula is C15H24N2O. The van der Waals surface area contributed by atoms with E-state index < -0.39 is 5.60 Å². The maximum Gasteiger partial charge on any atom is 0.0994 e. The van der Waals surface area contributed by atoms with Crippen LogP contribution in [0.4, 0.5) is 0 Å². The molecule has 1 aromatic rings. The second kappa shape index (κ2) is 5.83. The lowest BCUT2D eigenvalue weighted by Crippen LogP contribution is -2.43. The fourth-order valence-electron chi connectivity index (χ4n) is 2.70. The van der Waals surface area contributed by atoms with Gasteiger partial charge in [0, 0.05) is 6.54 Å². The lowest BCUT2D eigenvalue weighted by molar-refractivity contribution is 0.00616. The molecule has 1 atom stereocenters. The van der Waals surface area contributed by atoms with E-state index in [1.165, 1.54) is 0 Å². The zero-order valence-corrected chi connectivity index (χ0v) is 11.2. The third kappa shape index (κ3) is 3.31. The third-order valence-corrected chi connectivity index (χ3v) is 3.97. The highest BCUT2D eigenvalue weighted by Crippen LogP contribution is 2.24. The van der Waals surface area contributed by atoms with Crippen LogP contribution in [0.15, 0.2) is 30.3 Å². The van der Waals surface area contributed by atoms with Gasteiger partial charge in [0.05, 0.1) is 5.60 Å². The fourth-order valence-corrected chi connectivity index (χ4v) is 2.70. The molecule has 2 rings (SSSR count). The molecule has 1 unspecified atom stereocenters. The summed E-state index contributed by atoms with van der Waals surface area (Å²) in [6, 6.07) is 9.92. The maximum atomic E-state index is 10.6. The smallest absolute Gasteiger partial charge is 0.0994 e. The Balaban J connectivity index is 1.93. The van der Waals surface area contributed by atoms with E-state index in [0.29, 0.717) is 12.5 Å². The molecule has 1 heterocycles. The number of nitrogens with zero attached hydrogens (tertiary/aromatic N) is 1. The molecule has 1 aliphatic heterocycles. The molecule has 0 saturated carbocycles. The van der Waals surface area contributed by atoms with Crippen LogP contribution in [0.2, 0.25) is 0 Å². The monoisotopic (exact) mass is 248 g/mol. The first kappa shape index (κ1) is 13.5. The molecule has 1 aromatic carbocycles. The summed E-state index contributed by atoms with van der Waals surface area (Å²) in [6.45, 7) is 5.49. The Kier molecular flexibility index (Phi) is 4.38. The number of nitrogens with two attached hydrogens (primary N) is 1. The van der Waals surface area contributed by atoms with E-state index in [0.717, 1.165) is 38.0 Å². The van der Waals surface area contributed by atoms with Crippen molar-refractivity contribution >= 4 is 0 Å². The molecule has 0 aromatic heterocycles. The van der Waals surface area contributed by atoms with Crippen LogP contribution in [0, 0.1) is 5.92 Å². The highest BCUT2D eigenvalue weighted by molar-refractivity contribution is 5.21. The molecular weight excluding hydrogens is 224 g/mol. The van der Waals surface area contributed by atoms with Crippen LogP contribution in [0.5, 0.6) is 0 Å². The summed E-state index contributed by atoms with van der Waals surface area (Å²) < 4.78 is 0. The average molecular weight is 248 g/mol. The third-order valence-electron chi connectivity index (χ3n) is 3.97. The number of benzene rings is 1. The molecule has 3 N–H and O–H groups in total. The second-order valence-electron chi connectivity index (χ2n) is 5.60. The summed E-state index contributed by atoms with van der Waals surface area (Å²) in [5.74, 6) is 0.669. The van der Waals surface area contributed by atoms with Gasteiger partial charge in [-0.05, 0) is 50.9 Å². The Morgan fingerprint density at radius 3 is 2.44 bits per heavy atom. The van der Waals surface area contributed by atoms with E-state index in [-0.39, 0.29) is 0 Å². The van der Waals surface area contributed by atoms with Gasteiger partial charge in [-0.1, -0.05) is 30.3 Å². The lowest BCUT2D eigenvalue weighted by atomic mass is 9.92. The van der Waals surface area contributed by atoms with Gasteiger partial charge in [0.25, 0.3) is 0 Å². The number of hydrogen-bond acceptors (Lipinski definition) is 3. The number of rotatable bonds is 4. The standard InChI is InChI=1S/C15H24N2O/c1-15(18,14-5-3-2-4-6-14)12-17-9-7-13(11-16)8-10-17/h2-6,13,18H,7-12,16H2,1H3. The van der Waals surface area contributed by atoms with Crippen molar-refractivity contribution in [2.45, 2.75) is 25.4 Å². The van der Waals surface area contributed by atoms with Crippen molar-refractivity contribution in [3.63, 3.8) is 0 Å². The van der Waals surface area contributed by atoms with Crippen molar-refractivity contribution in [2.75, 3.05) is 26.2 Å². The molecule has 0 amide bonds. The van der Waals surface area contributed by atoms with E-state index in [2.05, 4.69) is 4.90 Å². The molecule has 1 saturated heterocycles. The largest absolute Gasteiger partial charge is 0.384 e. The van der Waals surface area contributed by atoms with Crippen LogP contribution in [-0.2, 0) is 5.60 Å². The normalized spacial score (nSPS) is 21.7. The Hall–Kier alpha value is -0.900. The number of piperidine rings is 1. The predicted molar refractivity (Wildman–Crippen MR) is 74.2 cm³/mol. The van der Waals surface area contributed by atoms with Gasteiger partial charge in [-0.25, -0.2) is 0 Å². The zero-order chi connectivity index (χ0) is 13.0. The van der Waals surface area contributed by atoms with Gasteiger partial charge in [0.1, 0.15) is 0 Å². The van der Waals surface area contributed by atoms with Crippen molar-refractivity contribution in [1.29, 1.82) is 0 Å². The molecule has 0 spiro atoms. The zero-order valence-electron chi connectivity index (χ0n) is 11.2. The number of likely N-dealkylation sites (tertiary alicyclic amines) is 1. The van der Waals surface area contributed by atoms with Crippen molar-refractivity contribution in [1.82, 2.24) is 4.90 Å². The Bertz CT molecular complexity index is 356. The van der Waals surface area contributed by atoms with Crippen LogP contribution in [0.25, 0.3) is 0 Å². The average Bonchev–Trinajstić information content (AvgIpc) is 2.40. The first-order valence-electron chi connectivity index (χ1n) is 6.82. The van der Waals surface area contributed by atoms with Gasteiger partial charge in [-0.2, -0.15) is 0 Å². The number of aliphatic hydroxyl groups is 1. The van der Waals surface area contributed by atoms with Gasteiger partial charge in [0.15, 0.2) is 0 Å². The second-order valence-corrected chi connectivity index (χ2v) is 5.60. The Labute approximate surface area is 110 Å². The van der Waals surface area contributed by atoms with Crippen molar-refractivity contribution < 1.29 is 5.11 Å². The summed E-state index contributed by atoms with van der Waals surface area (Å²) in [5, 5.41) is 10.6. The van der Waals surface area contributed by atoms with Crippen LogP contribution in [-0.4, -0.2) is 36.2 Å². The SMILES string of the molecule is CC(O)(CN1CCC(CN)CC1)c1ccccc1. The van der Waals surface area contributed by atoms with E-state index >= 15 is 0 Å². The van der Waals surface area contributed by atoms with E-state index in [9.17, 15) is 5.11 Å². The van der Waals surface area contributed by atoms with Gasteiger partial charge >= 0.3 is 0 Å². The first-order chi connectivity index (χ1) is 8.62. The quantitative estimate of drug-likeness (QED) is 0.850. The van der Waals surface area contributed by atoms with Gasteiger partial charge in [0.2, 0.25) is 0 Å². The minimum Gasteiger partial charge on any atom is -0.384 e. The summed E-state index contributed by atoms with van der Waals surface area (Å²) >= 11 is 0. The highest BCUT2D eigenvalue weighted by atomic mass is 16.3. The molecule has 0 radical (unpaired) electrons. The van der Waals surface area contributed by atoms with Gasteiger partial charge in [-0.3, -0.25) is 0 Å². The van der Waals surface area contributed by atoms with Crippen LogP contribution in [0.1, 0.15) is 25.3 Å². The molecule has 0 aliphatic carbocycles. The van der Waals surface area contributed by atoms with Gasteiger partial charge in [-0.15, -0.1) is 0 Å². The summed E-state index contributed by atoms with van der Waals surface area (Å²) in [6.07, 6.45) is 2.31. The fraction of sp³-hybridized carbons (Fsp3) is 0.600. The van der Waals surface area contributed by atoms with Gasteiger partial charge < -0.3 is 15.7 Å². The lowest BCUT2D eigenvalue weighted by Gasteiger charge is -2.36. The Morgan fingerprint density at radius 1 is 1.28 bits per heavy atom. The Morgan fingerprint density at radius 2 is 1.89 bits per heavy atom. The number of hydrogen-bond donors (Lipinski definition) is 2. The summed E-state index contributed by atoms with van der Waals surface area (Å²) in [4.78, 5) is 2.35. The predicted octanol–water partition coefficient (Wildman–Crippen LogP) is 1.56. The minimum atomic E-state index is -0.767. The van der Waals surface area contributed by atoms with Crippen LogP contribution >= 0.6 is 0 Å². The molecule has 100 valence electrons. The molecule has 1 fully saturated rings. The van der Waals surface area contributed by atoms with Crippen molar-refractivity contribution in [2.24, 2.45) is 11.7 Å². The van der Waals surface area contributed by atoms with E-state index in [1.807, 2.05) is 37.3 Å². The molecule has 3 heteroatoms. The van der Waals surface area contributed by atoms with Crippen LogP contribution < -0.4 is 5.73 Å². The van der Waals surface area contributed by atoms with Crippen molar-refractivity contribution in [3.05, 3.63) is 35.9 Å². The molecule has 0 bridgehead atoms. The topological polar surface area (TPSA) is 49.5 Å². The minimum absolute atomic E-state index is 0.669. The van der Waals surface area contributed by atoms with Crippen molar-refractivity contribution in [3.8, 4) is 0 Å². The number of β-amino-alcohol motifs (C(OH)–C–C–N with tert-alkyl or cyclic N) is 1.